The summed E-state index contributed by atoms with van der Waals surface area (Å²) in [4.78, 5) is 27.8. The molecule has 0 aromatic heterocycles. The van der Waals surface area contributed by atoms with Crippen molar-refractivity contribution >= 4 is 27.5 Å². The molecule has 0 aliphatic rings. The maximum absolute atomic E-state index is 14.0. The van der Waals surface area contributed by atoms with Gasteiger partial charge in [-0.15, -0.1) is 0 Å². The van der Waals surface area contributed by atoms with Crippen LogP contribution in [0.25, 0.3) is 0 Å². The van der Waals surface area contributed by atoms with E-state index in [2.05, 4.69) is 5.32 Å². The Hall–Kier alpha value is -4.32. The van der Waals surface area contributed by atoms with Crippen LogP contribution in [0.3, 0.4) is 0 Å². The molecule has 220 valence electrons. The van der Waals surface area contributed by atoms with E-state index >= 15 is 0 Å². The lowest BCUT2D eigenvalue weighted by atomic mass is 10.1. The number of halogens is 1. The number of ether oxygens (including phenoxy) is 3. The van der Waals surface area contributed by atoms with Crippen LogP contribution in [-0.4, -0.2) is 65.6 Å². The molecule has 3 aromatic carbocycles. The van der Waals surface area contributed by atoms with Crippen molar-refractivity contribution in [1.29, 1.82) is 0 Å². The van der Waals surface area contributed by atoms with Gasteiger partial charge in [-0.2, -0.15) is 0 Å². The second kappa shape index (κ2) is 13.8. The molecule has 0 saturated heterocycles. The zero-order chi connectivity index (χ0) is 30.2. The van der Waals surface area contributed by atoms with Crippen molar-refractivity contribution in [2.75, 3.05) is 38.7 Å². The Kier molecular flexibility index (Phi) is 10.5. The van der Waals surface area contributed by atoms with Gasteiger partial charge in [-0.3, -0.25) is 13.9 Å². The van der Waals surface area contributed by atoms with E-state index in [-0.39, 0.29) is 22.9 Å². The molecule has 1 N–H and O–H groups in total. The Morgan fingerprint density at radius 1 is 0.902 bits per heavy atom. The largest absolute Gasteiger partial charge is 0.497 e. The zero-order valence-electron chi connectivity index (χ0n) is 23.6. The minimum atomic E-state index is -4.38. The number of likely N-dealkylation sites (N-methyl/N-ethyl adjacent to an activating group) is 1. The normalized spacial score (nSPS) is 11.8. The average Bonchev–Trinajstić information content (AvgIpc) is 2.98. The highest BCUT2D eigenvalue weighted by atomic mass is 32.2. The molecule has 10 nitrogen and oxygen atoms in total. The van der Waals surface area contributed by atoms with Crippen LogP contribution in [0.2, 0.25) is 0 Å². The van der Waals surface area contributed by atoms with Crippen LogP contribution in [0, 0.1) is 5.82 Å². The van der Waals surface area contributed by atoms with Crippen LogP contribution >= 0.6 is 0 Å². The summed E-state index contributed by atoms with van der Waals surface area (Å²) in [6, 6.07) is 14.8. The first kappa shape index (κ1) is 31.2. The smallest absolute Gasteiger partial charge is 0.264 e. The summed E-state index contributed by atoms with van der Waals surface area (Å²) in [7, 11) is -0.0580. The quantitative estimate of drug-likeness (QED) is 0.325. The summed E-state index contributed by atoms with van der Waals surface area (Å²) in [5.74, 6) is -0.512. The van der Waals surface area contributed by atoms with Gasteiger partial charge in [0.2, 0.25) is 11.8 Å². The Balaban J connectivity index is 2.05. The number of carbonyl (C=O) groups is 2. The van der Waals surface area contributed by atoms with Gasteiger partial charge < -0.3 is 24.4 Å². The Morgan fingerprint density at radius 2 is 1.54 bits per heavy atom. The SMILES string of the molecule is CCNC(=O)[C@H](C)N(Cc1ccc(OC)cc1)C(=O)CN(c1ccc(F)cc1)S(=O)(=O)c1ccc(OC)c(OC)c1. The molecule has 0 aliphatic heterocycles. The summed E-state index contributed by atoms with van der Waals surface area (Å²) >= 11 is 0. The van der Waals surface area contributed by atoms with Crippen molar-refractivity contribution in [3.05, 3.63) is 78.1 Å². The number of sulfonamides is 1. The number of carbonyl (C=O) groups excluding carboxylic acids is 2. The number of amides is 2. The molecule has 12 heteroatoms. The molecule has 0 aliphatic carbocycles. The van der Waals surface area contributed by atoms with Crippen LogP contribution in [0.1, 0.15) is 19.4 Å². The Bertz CT molecular complexity index is 1450. The summed E-state index contributed by atoms with van der Waals surface area (Å²) in [5.41, 5.74) is 0.760. The molecule has 0 radical (unpaired) electrons. The van der Waals surface area contributed by atoms with Crippen molar-refractivity contribution < 1.29 is 36.6 Å². The van der Waals surface area contributed by atoms with Gasteiger partial charge in [-0.1, -0.05) is 12.1 Å². The van der Waals surface area contributed by atoms with E-state index in [1.165, 1.54) is 56.6 Å². The van der Waals surface area contributed by atoms with Crippen molar-refractivity contribution in [3.8, 4) is 17.2 Å². The number of hydrogen-bond donors (Lipinski definition) is 1. The molecule has 0 heterocycles. The maximum Gasteiger partial charge on any atom is 0.264 e. The fourth-order valence-corrected chi connectivity index (χ4v) is 5.50. The summed E-state index contributed by atoms with van der Waals surface area (Å²) < 4.78 is 58.2. The van der Waals surface area contributed by atoms with Crippen LogP contribution in [-0.2, 0) is 26.2 Å². The molecule has 3 aromatic rings. The van der Waals surface area contributed by atoms with Gasteiger partial charge in [0, 0.05) is 19.2 Å². The second-order valence-electron chi connectivity index (χ2n) is 8.95. The van der Waals surface area contributed by atoms with E-state index in [9.17, 15) is 22.4 Å². The van der Waals surface area contributed by atoms with Gasteiger partial charge in [0.05, 0.1) is 31.9 Å². The first-order valence-corrected chi connectivity index (χ1v) is 14.2. The van der Waals surface area contributed by atoms with Crippen molar-refractivity contribution in [2.24, 2.45) is 0 Å². The summed E-state index contributed by atoms with van der Waals surface area (Å²) in [5, 5.41) is 2.70. The molecule has 3 rings (SSSR count). The molecular weight excluding hydrogens is 553 g/mol. The summed E-state index contributed by atoms with van der Waals surface area (Å²) in [6.45, 7) is 3.03. The maximum atomic E-state index is 14.0. The zero-order valence-corrected chi connectivity index (χ0v) is 24.4. The highest BCUT2D eigenvalue weighted by molar-refractivity contribution is 7.92. The molecule has 2 amide bonds. The highest BCUT2D eigenvalue weighted by Crippen LogP contribution is 2.32. The van der Waals surface area contributed by atoms with Gasteiger partial charge in [0.1, 0.15) is 24.2 Å². The van der Waals surface area contributed by atoms with E-state index in [0.29, 0.717) is 23.6 Å². The van der Waals surface area contributed by atoms with Gasteiger partial charge in [-0.25, -0.2) is 12.8 Å². The van der Waals surface area contributed by atoms with Crippen molar-refractivity contribution in [3.63, 3.8) is 0 Å². The van der Waals surface area contributed by atoms with Gasteiger partial charge in [0.15, 0.2) is 11.5 Å². The number of methoxy groups -OCH3 is 3. The first-order valence-electron chi connectivity index (χ1n) is 12.8. The second-order valence-corrected chi connectivity index (χ2v) is 10.8. The summed E-state index contributed by atoms with van der Waals surface area (Å²) in [6.07, 6.45) is 0. The molecule has 0 bridgehead atoms. The van der Waals surface area contributed by atoms with Crippen LogP contribution in [0.4, 0.5) is 10.1 Å². The lowest BCUT2D eigenvalue weighted by molar-refractivity contribution is -0.139. The topological polar surface area (TPSA) is 114 Å². The molecule has 0 fully saturated rings. The molecule has 1 atom stereocenters. The monoisotopic (exact) mass is 587 g/mol. The number of nitrogens with one attached hydrogen (secondary N) is 1. The third kappa shape index (κ3) is 7.46. The average molecular weight is 588 g/mol. The Labute approximate surface area is 239 Å². The predicted molar refractivity (Wildman–Crippen MR) is 152 cm³/mol. The van der Waals surface area contributed by atoms with E-state index in [1.54, 1.807) is 38.1 Å². The van der Waals surface area contributed by atoms with Gasteiger partial charge in [0.25, 0.3) is 10.0 Å². The number of anilines is 1. The van der Waals surface area contributed by atoms with Crippen LogP contribution in [0.5, 0.6) is 17.2 Å². The highest BCUT2D eigenvalue weighted by Gasteiger charge is 2.33. The molecular formula is C29H34FN3O7S. The van der Waals surface area contributed by atoms with Crippen LogP contribution < -0.4 is 23.8 Å². The molecule has 0 saturated carbocycles. The lowest BCUT2D eigenvalue weighted by Gasteiger charge is -2.32. The number of rotatable bonds is 13. The van der Waals surface area contributed by atoms with Gasteiger partial charge in [-0.05, 0) is 67.9 Å². The molecule has 0 unspecified atom stereocenters. The van der Waals surface area contributed by atoms with Crippen molar-refractivity contribution in [1.82, 2.24) is 10.2 Å². The first-order chi connectivity index (χ1) is 19.5. The lowest BCUT2D eigenvalue weighted by Crippen LogP contribution is -2.51. The number of nitrogens with zero attached hydrogens (tertiary/aromatic N) is 2. The Morgan fingerprint density at radius 3 is 2.10 bits per heavy atom. The number of hydrogen-bond acceptors (Lipinski definition) is 7. The number of benzene rings is 3. The molecule has 0 spiro atoms. The molecule has 41 heavy (non-hydrogen) atoms. The minimum Gasteiger partial charge on any atom is -0.497 e. The fourth-order valence-electron chi connectivity index (χ4n) is 4.07. The third-order valence-corrected chi connectivity index (χ3v) is 8.14. The predicted octanol–water partition coefficient (Wildman–Crippen LogP) is 3.60. The van der Waals surface area contributed by atoms with Crippen molar-refractivity contribution in [2.45, 2.75) is 31.3 Å². The van der Waals surface area contributed by atoms with E-state index in [1.807, 2.05) is 0 Å². The standard InChI is InChI=1S/C29H34FN3O7S/c1-6-31-29(35)20(2)32(18-21-7-13-24(38-3)14-8-21)28(34)19-33(23-11-9-22(30)10-12-23)41(36,37)25-15-16-26(39-4)27(17-25)40-5/h7-17,20H,6,18-19H2,1-5H3,(H,31,35)/t20-/m0/s1. The van der Waals surface area contributed by atoms with E-state index in [0.717, 1.165) is 16.4 Å². The minimum absolute atomic E-state index is 0.0226. The van der Waals surface area contributed by atoms with E-state index < -0.39 is 40.2 Å². The third-order valence-electron chi connectivity index (χ3n) is 6.37. The van der Waals surface area contributed by atoms with Gasteiger partial charge >= 0.3 is 0 Å². The fraction of sp³-hybridized carbons (Fsp3) is 0.310. The van der Waals surface area contributed by atoms with E-state index in [4.69, 9.17) is 14.2 Å². The van der Waals surface area contributed by atoms with Crippen LogP contribution in [0.15, 0.2) is 71.6 Å².